The fraction of sp³-hybridized carbons (Fsp3) is 0.533. The molecule has 1 saturated heterocycles. The Bertz CT molecular complexity index is 585. The van der Waals surface area contributed by atoms with E-state index in [4.69, 9.17) is 14.8 Å². The van der Waals surface area contributed by atoms with Gasteiger partial charge in [-0.2, -0.15) is 5.10 Å². The topological polar surface area (TPSA) is 52.8 Å². The first kappa shape index (κ1) is 12.0. The third kappa shape index (κ3) is 2.22. The predicted molar refractivity (Wildman–Crippen MR) is 74.3 cm³/mol. The molecule has 0 unspecified atom stereocenters. The summed E-state index contributed by atoms with van der Waals surface area (Å²) in [4.78, 5) is 8.99. The second kappa shape index (κ2) is 4.98. The summed E-state index contributed by atoms with van der Waals surface area (Å²) in [5.74, 6) is 2.45. The van der Waals surface area contributed by atoms with Gasteiger partial charge in [0.1, 0.15) is 5.82 Å². The number of aromatic nitrogens is 4. The molecule has 0 radical (unpaired) electrons. The number of hydrogen-bond donors (Lipinski definition) is 0. The normalized spacial score (nSPS) is 20.2. The van der Waals surface area contributed by atoms with Crippen molar-refractivity contribution >= 4 is 0 Å². The maximum Gasteiger partial charge on any atom is 0.182 e. The van der Waals surface area contributed by atoms with Crippen molar-refractivity contribution in [1.82, 2.24) is 19.7 Å². The molecule has 5 nitrogen and oxygen atoms in total. The third-order valence-electron chi connectivity index (χ3n) is 4.06. The van der Waals surface area contributed by atoms with Crippen LogP contribution in [0, 0.1) is 0 Å². The Morgan fingerprint density at radius 1 is 1.15 bits per heavy atom. The van der Waals surface area contributed by atoms with Crippen molar-refractivity contribution in [3.05, 3.63) is 30.4 Å². The molecule has 104 valence electrons. The summed E-state index contributed by atoms with van der Waals surface area (Å²) in [5.41, 5.74) is 1.00. The number of ether oxygens (including phenoxy) is 1. The smallest absolute Gasteiger partial charge is 0.182 e. The quantitative estimate of drug-likeness (QED) is 0.860. The van der Waals surface area contributed by atoms with Crippen LogP contribution in [0.3, 0.4) is 0 Å². The van der Waals surface area contributed by atoms with E-state index in [1.54, 1.807) is 6.20 Å². The van der Waals surface area contributed by atoms with Crippen molar-refractivity contribution in [2.75, 3.05) is 13.2 Å². The third-order valence-corrected chi connectivity index (χ3v) is 4.06. The molecule has 2 aliphatic rings. The Labute approximate surface area is 118 Å². The highest BCUT2D eigenvalue weighted by Crippen LogP contribution is 2.38. The van der Waals surface area contributed by atoms with Gasteiger partial charge in [-0.1, -0.05) is 0 Å². The fourth-order valence-corrected chi connectivity index (χ4v) is 2.77. The standard InChI is InChI=1S/C15H18N4O/c1-2-12(10-16-7-1)14-17-15(11-5-8-20-9-6-11)19(18-14)13-3-4-13/h1-2,7,10-11,13H,3-6,8-9H2. The molecular formula is C15H18N4O. The zero-order chi connectivity index (χ0) is 13.4. The molecule has 0 N–H and O–H groups in total. The van der Waals surface area contributed by atoms with E-state index in [1.165, 1.54) is 12.8 Å². The van der Waals surface area contributed by atoms with E-state index >= 15 is 0 Å². The van der Waals surface area contributed by atoms with Crippen LogP contribution >= 0.6 is 0 Å². The summed E-state index contributed by atoms with van der Waals surface area (Å²) in [6, 6.07) is 4.51. The first-order valence-electron chi connectivity index (χ1n) is 7.36. The van der Waals surface area contributed by atoms with Crippen molar-refractivity contribution in [2.24, 2.45) is 0 Å². The van der Waals surface area contributed by atoms with Crippen LogP contribution in [-0.4, -0.2) is 33.0 Å². The molecule has 1 saturated carbocycles. The molecule has 0 spiro atoms. The molecule has 5 heteroatoms. The predicted octanol–water partition coefficient (Wildman–Crippen LogP) is 2.57. The fourth-order valence-electron chi connectivity index (χ4n) is 2.77. The highest BCUT2D eigenvalue weighted by molar-refractivity contribution is 5.52. The van der Waals surface area contributed by atoms with Crippen LogP contribution in [0.15, 0.2) is 24.5 Å². The van der Waals surface area contributed by atoms with Gasteiger partial charge < -0.3 is 4.74 Å². The van der Waals surface area contributed by atoms with Crippen molar-refractivity contribution in [3.63, 3.8) is 0 Å². The van der Waals surface area contributed by atoms with Crippen LogP contribution in [0.5, 0.6) is 0 Å². The lowest BCUT2D eigenvalue weighted by molar-refractivity contribution is 0.0825. The minimum Gasteiger partial charge on any atom is -0.381 e. The lowest BCUT2D eigenvalue weighted by Crippen LogP contribution is -2.18. The molecule has 0 atom stereocenters. The molecule has 20 heavy (non-hydrogen) atoms. The van der Waals surface area contributed by atoms with Gasteiger partial charge in [0.25, 0.3) is 0 Å². The Kier molecular flexibility index (Phi) is 2.99. The largest absolute Gasteiger partial charge is 0.381 e. The lowest BCUT2D eigenvalue weighted by atomic mass is 9.99. The van der Waals surface area contributed by atoms with Gasteiger partial charge in [-0.05, 0) is 37.8 Å². The summed E-state index contributed by atoms with van der Waals surface area (Å²) in [7, 11) is 0. The van der Waals surface area contributed by atoms with E-state index in [9.17, 15) is 0 Å². The lowest BCUT2D eigenvalue weighted by Gasteiger charge is -2.21. The van der Waals surface area contributed by atoms with Gasteiger partial charge >= 0.3 is 0 Å². The van der Waals surface area contributed by atoms with Gasteiger partial charge in [0.05, 0.1) is 6.04 Å². The number of rotatable bonds is 3. The van der Waals surface area contributed by atoms with Crippen LogP contribution in [0.25, 0.3) is 11.4 Å². The van der Waals surface area contributed by atoms with Crippen molar-refractivity contribution < 1.29 is 4.74 Å². The molecule has 2 aromatic heterocycles. The van der Waals surface area contributed by atoms with Crippen LogP contribution < -0.4 is 0 Å². The average molecular weight is 270 g/mol. The zero-order valence-electron chi connectivity index (χ0n) is 11.4. The van der Waals surface area contributed by atoms with Crippen LogP contribution in [-0.2, 0) is 4.74 Å². The SMILES string of the molecule is c1cncc(-c2nc(C3CCOCC3)n(C3CC3)n2)c1. The summed E-state index contributed by atoms with van der Waals surface area (Å²) in [5, 5.41) is 4.74. The second-order valence-electron chi connectivity index (χ2n) is 5.60. The maximum absolute atomic E-state index is 5.46. The molecular weight excluding hydrogens is 252 g/mol. The molecule has 3 heterocycles. The van der Waals surface area contributed by atoms with E-state index in [0.717, 1.165) is 43.3 Å². The Balaban J connectivity index is 1.71. The van der Waals surface area contributed by atoms with Gasteiger partial charge in [-0.3, -0.25) is 4.98 Å². The summed E-state index contributed by atoms with van der Waals surface area (Å²) in [6.07, 6.45) is 8.18. The zero-order valence-corrected chi connectivity index (χ0v) is 11.4. The van der Waals surface area contributed by atoms with Crippen molar-refractivity contribution in [3.8, 4) is 11.4 Å². The first-order chi connectivity index (χ1) is 9.92. The van der Waals surface area contributed by atoms with Crippen molar-refractivity contribution in [2.45, 2.75) is 37.6 Å². The molecule has 2 aromatic rings. The summed E-state index contributed by atoms with van der Waals surface area (Å²) >= 11 is 0. The van der Waals surface area contributed by atoms with Crippen LogP contribution in [0.1, 0.15) is 43.5 Å². The number of nitrogens with zero attached hydrogens (tertiary/aromatic N) is 4. The molecule has 1 aliphatic heterocycles. The van der Waals surface area contributed by atoms with E-state index in [2.05, 4.69) is 9.67 Å². The Morgan fingerprint density at radius 3 is 2.70 bits per heavy atom. The van der Waals surface area contributed by atoms with E-state index in [0.29, 0.717) is 12.0 Å². The first-order valence-corrected chi connectivity index (χ1v) is 7.36. The van der Waals surface area contributed by atoms with Gasteiger partial charge in [-0.15, -0.1) is 0 Å². The van der Waals surface area contributed by atoms with Crippen LogP contribution in [0.4, 0.5) is 0 Å². The Morgan fingerprint density at radius 2 is 2.00 bits per heavy atom. The summed E-state index contributed by atoms with van der Waals surface area (Å²) < 4.78 is 7.63. The van der Waals surface area contributed by atoms with Gasteiger partial charge in [-0.25, -0.2) is 9.67 Å². The highest BCUT2D eigenvalue weighted by Gasteiger charge is 2.32. The monoisotopic (exact) mass is 270 g/mol. The van der Waals surface area contributed by atoms with E-state index < -0.39 is 0 Å². The molecule has 1 aliphatic carbocycles. The number of pyridine rings is 1. The minimum atomic E-state index is 0.488. The van der Waals surface area contributed by atoms with E-state index in [-0.39, 0.29) is 0 Å². The van der Waals surface area contributed by atoms with E-state index in [1.807, 2.05) is 18.3 Å². The van der Waals surface area contributed by atoms with Gasteiger partial charge in [0.2, 0.25) is 0 Å². The van der Waals surface area contributed by atoms with Crippen molar-refractivity contribution in [1.29, 1.82) is 0 Å². The summed E-state index contributed by atoms with van der Waals surface area (Å²) in [6.45, 7) is 1.68. The molecule has 0 aromatic carbocycles. The Hall–Kier alpha value is -1.75. The van der Waals surface area contributed by atoms with Gasteiger partial charge in [0.15, 0.2) is 5.82 Å². The second-order valence-corrected chi connectivity index (χ2v) is 5.60. The molecule has 4 rings (SSSR count). The number of hydrogen-bond acceptors (Lipinski definition) is 4. The molecule has 0 bridgehead atoms. The minimum absolute atomic E-state index is 0.488. The maximum atomic E-state index is 5.46. The molecule has 0 amide bonds. The van der Waals surface area contributed by atoms with Crippen LogP contribution in [0.2, 0.25) is 0 Å². The van der Waals surface area contributed by atoms with Gasteiger partial charge in [0, 0.05) is 37.1 Å². The highest BCUT2D eigenvalue weighted by atomic mass is 16.5. The molecule has 2 fully saturated rings. The average Bonchev–Trinajstić information content (AvgIpc) is 3.28.